The molecule has 4 aromatic rings. The van der Waals surface area contributed by atoms with Crippen molar-refractivity contribution in [1.82, 2.24) is 14.5 Å². The number of piperazine rings is 1. The molecule has 1 aliphatic heterocycles. The van der Waals surface area contributed by atoms with Gasteiger partial charge in [-0.2, -0.15) is 0 Å². The largest absolute Gasteiger partial charge is 0.468 e. The molecule has 8 nitrogen and oxygen atoms in total. The summed E-state index contributed by atoms with van der Waals surface area (Å²) in [6, 6.07) is 15.4. The zero-order valence-corrected chi connectivity index (χ0v) is 21.3. The number of rotatable bonds is 5. The molecule has 0 spiro atoms. The molecule has 10 heteroatoms. The molecule has 198 valence electrons. The maximum Gasteiger partial charge on any atom is 0.324 e. The van der Waals surface area contributed by atoms with E-state index < -0.39 is 29.7 Å². The Morgan fingerprint density at radius 2 is 1.64 bits per heavy atom. The van der Waals surface area contributed by atoms with E-state index in [0.717, 1.165) is 11.1 Å². The number of carbonyl (C=O) groups excluding carboxylic acids is 1. The molecule has 0 bridgehead atoms. The monoisotopic (exact) mass is 529 g/mol. The lowest BCUT2D eigenvalue weighted by Gasteiger charge is -2.44. The fraction of sp³-hybridized carbons (Fsp3) is 0.241. The topological polar surface area (TPSA) is 72.0 Å². The Morgan fingerprint density at radius 1 is 1.03 bits per heavy atom. The number of hydrogen-bond donors (Lipinski definition) is 0. The van der Waals surface area contributed by atoms with Crippen molar-refractivity contribution in [2.75, 3.05) is 31.6 Å². The standard InChI is InChI=1S/C29H25F2N5O3/c1-32-25-13-12-22-27(33-25)23(16-26(37)34(22)2)35-14-15-36(24(17-35)29(38)39-3)28(18-4-8-20(30)9-5-18)19-6-10-21(31)11-7-19/h4-13,16,24,28H,14-15,17H2,2-3H3/t24-/m0/s1. The van der Waals surface area contributed by atoms with Gasteiger partial charge in [0, 0.05) is 32.7 Å². The second kappa shape index (κ2) is 10.6. The first kappa shape index (κ1) is 26.0. The van der Waals surface area contributed by atoms with E-state index in [4.69, 9.17) is 11.3 Å². The molecule has 0 N–H and O–H groups in total. The summed E-state index contributed by atoms with van der Waals surface area (Å²) in [6.45, 7) is 8.31. The van der Waals surface area contributed by atoms with Crippen LogP contribution in [0.1, 0.15) is 17.2 Å². The Kier molecular flexibility index (Phi) is 7.09. The Morgan fingerprint density at radius 3 is 2.21 bits per heavy atom. The van der Waals surface area contributed by atoms with E-state index in [-0.39, 0.29) is 17.9 Å². The van der Waals surface area contributed by atoms with E-state index in [1.165, 1.54) is 42.0 Å². The van der Waals surface area contributed by atoms with Crippen molar-refractivity contribution in [1.29, 1.82) is 0 Å². The molecule has 0 radical (unpaired) electrons. The molecule has 1 saturated heterocycles. The van der Waals surface area contributed by atoms with Gasteiger partial charge in [0.15, 0.2) is 0 Å². The molecular weight excluding hydrogens is 504 g/mol. The SMILES string of the molecule is [C-]#[N+]c1ccc2c(n1)c(N1CCN(C(c3ccc(F)cc3)c3ccc(F)cc3)[C@H](C(=O)OC)C1)cc(=O)n2C. The fourth-order valence-electron chi connectivity index (χ4n) is 5.14. The first-order valence-electron chi connectivity index (χ1n) is 12.3. The van der Waals surface area contributed by atoms with E-state index >= 15 is 0 Å². The highest BCUT2D eigenvalue weighted by molar-refractivity contribution is 5.90. The van der Waals surface area contributed by atoms with Crippen molar-refractivity contribution < 1.29 is 18.3 Å². The summed E-state index contributed by atoms with van der Waals surface area (Å²) in [5.41, 5.74) is 2.78. The lowest BCUT2D eigenvalue weighted by Crippen LogP contribution is -2.58. The number of halogens is 2. The van der Waals surface area contributed by atoms with Gasteiger partial charge in [-0.3, -0.25) is 14.5 Å². The smallest absolute Gasteiger partial charge is 0.324 e. The number of aryl methyl sites for hydroxylation is 1. The van der Waals surface area contributed by atoms with E-state index in [1.807, 2.05) is 9.80 Å². The molecule has 1 atom stereocenters. The molecule has 5 rings (SSSR count). The number of hydrogen-bond acceptors (Lipinski definition) is 6. The number of nitrogens with zero attached hydrogens (tertiary/aromatic N) is 5. The van der Waals surface area contributed by atoms with Crippen LogP contribution >= 0.6 is 0 Å². The number of benzene rings is 2. The molecule has 0 saturated carbocycles. The number of pyridine rings is 2. The van der Waals surface area contributed by atoms with Crippen LogP contribution < -0.4 is 10.5 Å². The highest BCUT2D eigenvalue weighted by Gasteiger charge is 2.39. The quantitative estimate of drug-likeness (QED) is 0.285. The molecule has 2 aromatic heterocycles. The van der Waals surface area contributed by atoms with Crippen molar-refractivity contribution in [3.63, 3.8) is 0 Å². The Hall–Kier alpha value is -4.62. The predicted molar refractivity (Wildman–Crippen MR) is 143 cm³/mol. The molecule has 0 aliphatic carbocycles. The first-order valence-corrected chi connectivity index (χ1v) is 12.3. The minimum absolute atomic E-state index is 0.164. The third-order valence-corrected chi connectivity index (χ3v) is 7.11. The van der Waals surface area contributed by atoms with Gasteiger partial charge in [0.1, 0.15) is 17.7 Å². The highest BCUT2D eigenvalue weighted by atomic mass is 19.1. The summed E-state index contributed by atoms with van der Waals surface area (Å²) in [6.07, 6.45) is 0. The molecular formula is C29H25F2N5O3. The van der Waals surface area contributed by atoms with Crippen LogP contribution in [0.15, 0.2) is 71.5 Å². The van der Waals surface area contributed by atoms with E-state index in [9.17, 15) is 18.4 Å². The molecule has 1 aliphatic rings. The third-order valence-electron chi connectivity index (χ3n) is 7.11. The minimum atomic E-state index is -0.785. The zero-order chi connectivity index (χ0) is 27.7. The van der Waals surface area contributed by atoms with Crippen molar-refractivity contribution in [2.45, 2.75) is 12.1 Å². The van der Waals surface area contributed by atoms with Gasteiger partial charge < -0.3 is 19.0 Å². The highest BCUT2D eigenvalue weighted by Crippen LogP contribution is 2.35. The van der Waals surface area contributed by atoms with Gasteiger partial charge >= 0.3 is 5.97 Å². The van der Waals surface area contributed by atoms with Gasteiger partial charge in [0.2, 0.25) is 5.52 Å². The van der Waals surface area contributed by atoms with Gasteiger partial charge in [0.25, 0.3) is 11.4 Å². The molecule has 3 heterocycles. The van der Waals surface area contributed by atoms with Crippen LogP contribution in [0.4, 0.5) is 20.3 Å². The Balaban J connectivity index is 1.59. The normalized spacial score (nSPS) is 15.9. The van der Waals surface area contributed by atoms with Crippen LogP contribution in [0.2, 0.25) is 0 Å². The van der Waals surface area contributed by atoms with Crippen LogP contribution in [0.3, 0.4) is 0 Å². The summed E-state index contributed by atoms with van der Waals surface area (Å²) >= 11 is 0. The Bertz CT molecular complexity index is 1590. The maximum absolute atomic E-state index is 13.8. The number of methoxy groups -OCH3 is 1. The predicted octanol–water partition coefficient (Wildman–Crippen LogP) is 4.22. The van der Waals surface area contributed by atoms with Crippen LogP contribution in [0, 0.1) is 18.2 Å². The molecule has 0 unspecified atom stereocenters. The molecule has 1 fully saturated rings. The van der Waals surface area contributed by atoms with Crippen molar-refractivity contribution in [2.24, 2.45) is 7.05 Å². The number of fused-ring (bicyclic) bond motifs is 1. The van der Waals surface area contributed by atoms with E-state index in [2.05, 4.69) is 9.83 Å². The van der Waals surface area contributed by atoms with Crippen molar-refractivity contribution in [3.05, 3.63) is 111 Å². The molecule has 39 heavy (non-hydrogen) atoms. The molecule has 2 aromatic carbocycles. The first-order chi connectivity index (χ1) is 18.8. The van der Waals surface area contributed by atoms with Gasteiger partial charge in [-0.1, -0.05) is 30.8 Å². The third kappa shape index (κ3) is 4.96. The lowest BCUT2D eigenvalue weighted by atomic mass is 9.94. The number of esters is 1. The number of carbonyl (C=O) groups is 1. The minimum Gasteiger partial charge on any atom is -0.468 e. The Labute approximate surface area is 223 Å². The van der Waals surface area contributed by atoms with Crippen LogP contribution in [0.5, 0.6) is 0 Å². The summed E-state index contributed by atoms with van der Waals surface area (Å²) < 4.78 is 34.2. The second-order valence-electron chi connectivity index (χ2n) is 9.30. The van der Waals surface area contributed by atoms with Crippen molar-refractivity contribution in [3.8, 4) is 0 Å². The van der Waals surface area contributed by atoms with E-state index in [1.54, 1.807) is 43.4 Å². The zero-order valence-electron chi connectivity index (χ0n) is 21.3. The maximum atomic E-state index is 13.8. The average molecular weight is 530 g/mol. The van der Waals surface area contributed by atoms with Crippen LogP contribution in [-0.2, 0) is 16.6 Å². The summed E-state index contributed by atoms with van der Waals surface area (Å²) in [4.78, 5) is 37.7. The number of anilines is 1. The average Bonchev–Trinajstić information content (AvgIpc) is 2.96. The van der Waals surface area contributed by atoms with Crippen molar-refractivity contribution >= 4 is 28.5 Å². The van der Waals surface area contributed by atoms with Gasteiger partial charge in [-0.05, 0) is 47.5 Å². The lowest BCUT2D eigenvalue weighted by molar-refractivity contribution is -0.148. The second-order valence-corrected chi connectivity index (χ2v) is 9.30. The number of ether oxygens (including phenoxy) is 1. The fourth-order valence-corrected chi connectivity index (χ4v) is 5.14. The van der Waals surface area contributed by atoms with Crippen LogP contribution in [0.25, 0.3) is 15.9 Å². The van der Waals surface area contributed by atoms with E-state index in [0.29, 0.717) is 29.8 Å². The summed E-state index contributed by atoms with van der Waals surface area (Å²) in [5, 5.41) is 0. The number of aromatic nitrogens is 2. The summed E-state index contributed by atoms with van der Waals surface area (Å²) in [7, 11) is 2.94. The summed E-state index contributed by atoms with van der Waals surface area (Å²) in [5.74, 6) is -1.08. The molecule has 0 amide bonds. The van der Waals surface area contributed by atoms with Crippen LogP contribution in [-0.4, -0.2) is 53.2 Å². The van der Waals surface area contributed by atoms with Gasteiger partial charge in [-0.25, -0.2) is 8.78 Å². The van der Waals surface area contributed by atoms with Gasteiger partial charge in [-0.15, -0.1) is 4.98 Å². The van der Waals surface area contributed by atoms with Gasteiger partial charge in [0.05, 0.1) is 24.4 Å².